The molecule has 86 valence electrons. The molecule has 0 heterocycles. The summed E-state index contributed by atoms with van der Waals surface area (Å²) in [4.78, 5) is 12.7. The summed E-state index contributed by atoms with van der Waals surface area (Å²) in [6.07, 6.45) is 1.40. The second-order valence-corrected chi connectivity index (χ2v) is 5.15. The second kappa shape index (κ2) is 5.89. The zero-order chi connectivity index (χ0) is 12.1. The molecule has 2 rings (SSSR count). The van der Waals surface area contributed by atoms with Gasteiger partial charge in [0, 0.05) is 21.2 Å². The third kappa shape index (κ3) is 3.62. The highest BCUT2D eigenvalue weighted by atomic mass is 35.5. The first-order valence-corrected chi connectivity index (χ1v) is 6.43. The molecule has 0 fully saturated rings. The molecule has 17 heavy (non-hydrogen) atoms. The fourth-order valence-electron chi connectivity index (χ4n) is 1.43. The summed E-state index contributed by atoms with van der Waals surface area (Å²) < 4.78 is 0. The van der Waals surface area contributed by atoms with Gasteiger partial charge in [0.25, 0.3) is 0 Å². The summed E-state index contributed by atoms with van der Waals surface area (Å²) in [6, 6.07) is 15.8. The number of benzene rings is 2. The first kappa shape index (κ1) is 12.2. The molecule has 3 heteroatoms. The second-order valence-electron chi connectivity index (χ2n) is 3.57. The van der Waals surface area contributed by atoms with Crippen LogP contribution in [0.4, 0.5) is 0 Å². The van der Waals surface area contributed by atoms with Crippen molar-refractivity contribution in [2.75, 3.05) is 0 Å². The van der Waals surface area contributed by atoms with Crippen LogP contribution in [-0.4, -0.2) is 6.29 Å². The normalized spacial score (nSPS) is 10.2. The summed E-state index contributed by atoms with van der Waals surface area (Å²) in [5.74, 6) is 0. The predicted molar refractivity (Wildman–Crippen MR) is 71.8 cm³/mol. The van der Waals surface area contributed by atoms with Gasteiger partial charge in [0.05, 0.1) is 0 Å². The van der Waals surface area contributed by atoms with E-state index in [-0.39, 0.29) is 0 Å². The average Bonchev–Trinajstić information content (AvgIpc) is 2.35. The number of aldehydes is 1. The maximum absolute atomic E-state index is 10.4. The lowest BCUT2D eigenvalue weighted by Crippen LogP contribution is -1.84. The van der Waals surface area contributed by atoms with E-state index in [1.54, 1.807) is 11.8 Å². The molecule has 0 bridgehead atoms. The van der Waals surface area contributed by atoms with Crippen molar-refractivity contribution in [3.8, 4) is 0 Å². The number of carbonyl (C=O) groups is 1. The topological polar surface area (TPSA) is 17.1 Å². The van der Waals surface area contributed by atoms with E-state index in [0.717, 1.165) is 26.7 Å². The van der Waals surface area contributed by atoms with Crippen molar-refractivity contribution in [3.05, 3.63) is 59.1 Å². The van der Waals surface area contributed by atoms with Crippen LogP contribution >= 0.6 is 23.4 Å². The third-order valence-electron chi connectivity index (χ3n) is 2.29. The Morgan fingerprint density at radius 2 is 1.47 bits per heavy atom. The Balaban J connectivity index is 2.08. The lowest BCUT2D eigenvalue weighted by atomic mass is 10.2. The van der Waals surface area contributed by atoms with E-state index >= 15 is 0 Å². The van der Waals surface area contributed by atoms with Gasteiger partial charge in [-0.05, 0) is 42.0 Å². The van der Waals surface area contributed by atoms with Gasteiger partial charge in [-0.25, -0.2) is 0 Å². The van der Waals surface area contributed by atoms with Crippen LogP contribution in [0.3, 0.4) is 0 Å². The Bertz CT molecular complexity index is 491. The molecular weight excluding hydrogens is 252 g/mol. The Labute approximate surface area is 110 Å². The molecule has 0 aromatic heterocycles. The SMILES string of the molecule is O=CCc1ccc(Sc2ccc(Cl)cc2)cc1. The summed E-state index contributed by atoms with van der Waals surface area (Å²) in [6.45, 7) is 0. The minimum atomic E-state index is 0.478. The number of hydrogen-bond acceptors (Lipinski definition) is 2. The van der Waals surface area contributed by atoms with E-state index in [1.807, 2.05) is 48.5 Å². The summed E-state index contributed by atoms with van der Waals surface area (Å²) >= 11 is 7.50. The van der Waals surface area contributed by atoms with E-state index in [4.69, 9.17) is 11.6 Å². The lowest BCUT2D eigenvalue weighted by molar-refractivity contribution is -0.107. The van der Waals surface area contributed by atoms with Gasteiger partial charge in [-0.15, -0.1) is 0 Å². The zero-order valence-electron chi connectivity index (χ0n) is 9.10. The maximum atomic E-state index is 10.4. The fourth-order valence-corrected chi connectivity index (χ4v) is 2.37. The molecule has 0 N–H and O–H groups in total. The molecule has 0 atom stereocenters. The Morgan fingerprint density at radius 1 is 0.941 bits per heavy atom. The Kier molecular flexibility index (Phi) is 4.24. The quantitative estimate of drug-likeness (QED) is 0.767. The molecule has 0 saturated carbocycles. The van der Waals surface area contributed by atoms with Crippen LogP contribution in [0.25, 0.3) is 0 Å². The molecular formula is C14H11ClOS. The molecule has 0 aliphatic rings. The van der Waals surface area contributed by atoms with Gasteiger partial charge in [-0.2, -0.15) is 0 Å². The highest BCUT2D eigenvalue weighted by Crippen LogP contribution is 2.28. The lowest BCUT2D eigenvalue weighted by Gasteiger charge is -2.02. The first-order valence-electron chi connectivity index (χ1n) is 5.24. The van der Waals surface area contributed by atoms with Gasteiger partial charge in [0.2, 0.25) is 0 Å². The number of halogens is 1. The van der Waals surface area contributed by atoms with Crippen molar-refractivity contribution in [2.24, 2.45) is 0 Å². The van der Waals surface area contributed by atoms with Crippen LogP contribution < -0.4 is 0 Å². The van der Waals surface area contributed by atoms with Gasteiger partial charge < -0.3 is 4.79 Å². The van der Waals surface area contributed by atoms with Gasteiger partial charge in [-0.3, -0.25) is 0 Å². The standard InChI is InChI=1S/C14H11ClOS/c15-12-3-7-14(8-4-12)17-13-5-1-11(2-6-13)9-10-16/h1-8,10H,9H2. The van der Waals surface area contributed by atoms with E-state index in [1.165, 1.54) is 0 Å². The average molecular weight is 263 g/mol. The molecule has 0 radical (unpaired) electrons. The minimum Gasteiger partial charge on any atom is -0.303 e. The van der Waals surface area contributed by atoms with E-state index < -0.39 is 0 Å². The molecule has 2 aromatic carbocycles. The summed E-state index contributed by atoms with van der Waals surface area (Å²) in [7, 11) is 0. The molecule has 0 spiro atoms. The van der Waals surface area contributed by atoms with E-state index in [0.29, 0.717) is 6.42 Å². The highest BCUT2D eigenvalue weighted by molar-refractivity contribution is 7.99. The molecule has 0 aliphatic heterocycles. The Hall–Kier alpha value is -1.25. The third-order valence-corrected chi connectivity index (χ3v) is 3.56. The van der Waals surface area contributed by atoms with Crippen molar-refractivity contribution in [1.82, 2.24) is 0 Å². The van der Waals surface area contributed by atoms with Crippen LogP contribution in [-0.2, 0) is 11.2 Å². The van der Waals surface area contributed by atoms with Crippen LogP contribution in [0.15, 0.2) is 58.3 Å². The molecule has 1 nitrogen and oxygen atoms in total. The van der Waals surface area contributed by atoms with E-state index in [2.05, 4.69) is 0 Å². The van der Waals surface area contributed by atoms with Gasteiger partial charge in [0.15, 0.2) is 0 Å². The maximum Gasteiger partial charge on any atom is 0.124 e. The summed E-state index contributed by atoms with van der Waals surface area (Å²) in [5, 5.41) is 0.746. The fraction of sp³-hybridized carbons (Fsp3) is 0.0714. The smallest absolute Gasteiger partial charge is 0.124 e. The van der Waals surface area contributed by atoms with Crippen LogP contribution in [0.5, 0.6) is 0 Å². The number of hydrogen-bond donors (Lipinski definition) is 0. The minimum absolute atomic E-state index is 0.478. The van der Waals surface area contributed by atoms with Crippen LogP contribution in [0.2, 0.25) is 5.02 Å². The largest absolute Gasteiger partial charge is 0.303 e. The predicted octanol–water partition coefficient (Wildman–Crippen LogP) is 4.23. The molecule has 0 aliphatic carbocycles. The van der Waals surface area contributed by atoms with Crippen molar-refractivity contribution in [1.29, 1.82) is 0 Å². The molecule has 2 aromatic rings. The zero-order valence-corrected chi connectivity index (χ0v) is 10.7. The summed E-state index contributed by atoms with van der Waals surface area (Å²) in [5.41, 5.74) is 1.04. The van der Waals surface area contributed by atoms with Crippen LogP contribution in [0, 0.1) is 0 Å². The van der Waals surface area contributed by atoms with E-state index in [9.17, 15) is 4.79 Å². The molecule has 0 amide bonds. The van der Waals surface area contributed by atoms with Gasteiger partial charge in [-0.1, -0.05) is 35.5 Å². The van der Waals surface area contributed by atoms with Gasteiger partial charge in [0.1, 0.15) is 6.29 Å². The highest BCUT2D eigenvalue weighted by Gasteiger charge is 1.98. The first-order chi connectivity index (χ1) is 8.28. The van der Waals surface area contributed by atoms with Crippen molar-refractivity contribution < 1.29 is 4.79 Å². The van der Waals surface area contributed by atoms with Crippen molar-refractivity contribution in [3.63, 3.8) is 0 Å². The number of rotatable bonds is 4. The van der Waals surface area contributed by atoms with Crippen LogP contribution in [0.1, 0.15) is 5.56 Å². The number of carbonyl (C=O) groups excluding carboxylic acids is 1. The molecule has 0 saturated heterocycles. The monoisotopic (exact) mass is 262 g/mol. The van der Waals surface area contributed by atoms with Crippen molar-refractivity contribution >= 4 is 29.6 Å². The van der Waals surface area contributed by atoms with Crippen molar-refractivity contribution in [2.45, 2.75) is 16.2 Å². The van der Waals surface area contributed by atoms with Gasteiger partial charge >= 0.3 is 0 Å². The molecule has 0 unspecified atom stereocenters. The Morgan fingerprint density at radius 3 is 2.00 bits per heavy atom.